The van der Waals surface area contributed by atoms with Crippen LogP contribution in [-0.2, 0) is 6.42 Å². The topological polar surface area (TPSA) is 35.2 Å². The highest BCUT2D eigenvalue weighted by molar-refractivity contribution is 5.30. The molecule has 2 nitrogen and oxygen atoms in total. The predicted molar refractivity (Wildman–Crippen MR) is 75.8 cm³/mol. The largest absolute Gasteiger partial charge is 0.494 e. The number of hydrogen-bond donors (Lipinski definition) is 1. The third kappa shape index (κ3) is 2.92. The lowest BCUT2D eigenvalue weighted by Crippen LogP contribution is -2.41. The normalized spacial score (nSPS) is 19.4. The molecule has 106 valence electrons. The molecule has 1 unspecified atom stereocenters. The van der Waals surface area contributed by atoms with E-state index >= 15 is 0 Å². The van der Waals surface area contributed by atoms with Crippen molar-refractivity contribution in [3.63, 3.8) is 0 Å². The smallest absolute Gasteiger partial charge is 0.165 e. The molecular formula is C16H24FNO. The maximum atomic E-state index is 13.7. The fourth-order valence-corrected chi connectivity index (χ4v) is 3.37. The van der Waals surface area contributed by atoms with Gasteiger partial charge < -0.3 is 10.5 Å². The lowest BCUT2D eigenvalue weighted by Gasteiger charge is -2.34. The molecule has 0 saturated heterocycles. The zero-order valence-electron chi connectivity index (χ0n) is 11.9. The van der Waals surface area contributed by atoms with E-state index in [1.807, 2.05) is 6.07 Å². The van der Waals surface area contributed by atoms with Crippen LogP contribution in [0.5, 0.6) is 5.75 Å². The van der Waals surface area contributed by atoms with E-state index in [-0.39, 0.29) is 17.3 Å². The summed E-state index contributed by atoms with van der Waals surface area (Å²) in [6.07, 6.45) is 6.84. The van der Waals surface area contributed by atoms with Gasteiger partial charge in [-0.1, -0.05) is 25.8 Å². The average molecular weight is 265 g/mol. The zero-order chi connectivity index (χ0) is 13.9. The lowest BCUT2D eigenvalue weighted by atomic mass is 9.74. The van der Waals surface area contributed by atoms with Gasteiger partial charge in [0.25, 0.3) is 0 Å². The van der Waals surface area contributed by atoms with Crippen LogP contribution in [0.2, 0.25) is 0 Å². The van der Waals surface area contributed by atoms with Gasteiger partial charge in [-0.25, -0.2) is 4.39 Å². The second kappa shape index (κ2) is 5.91. The molecule has 19 heavy (non-hydrogen) atoms. The first-order chi connectivity index (χ1) is 9.11. The third-order valence-electron chi connectivity index (χ3n) is 4.76. The molecule has 1 saturated carbocycles. The maximum absolute atomic E-state index is 13.7. The molecule has 0 bridgehead atoms. The Balaban J connectivity index is 2.10. The fourth-order valence-electron chi connectivity index (χ4n) is 3.37. The van der Waals surface area contributed by atoms with Gasteiger partial charge in [0.2, 0.25) is 0 Å². The summed E-state index contributed by atoms with van der Waals surface area (Å²) in [6, 6.07) is 5.27. The molecule has 0 radical (unpaired) electrons. The Labute approximate surface area is 115 Å². The summed E-state index contributed by atoms with van der Waals surface area (Å²) in [5.74, 6) is -0.00689. The van der Waals surface area contributed by atoms with E-state index in [0.29, 0.717) is 5.75 Å². The molecule has 1 atom stereocenters. The van der Waals surface area contributed by atoms with Gasteiger partial charge in [0.1, 0.15) is 0 Å². The molecule has 0 heterocycles. The number of ether oxygens (including phenoxy) is 1. The predicted octanol–water partition coefficient (Wildman–Crippen LogP) is 3.67. The summed E-state index contributed by atoms with van der Waals surface area (Å²) >= 11 is 0. The van der Waals surface area contributed by atoms with Gasteiger partial charge in [0, 0.05) is 6.04 Å². The Morgan fingerprint density at radius 2 is 2.05 bits per heavy atom. The van der Waals surface area contributed by atoms with Crippen LogP contribution in [0.3, 0.4) is 0 Å². The lowest BCUT2D eigenvalue weighted by molar-refractivity contribution is 0.218. The highest BCUT2D eigenvalue weighted by Gasteiger charge is 2.37. The van der Waals surface area contributed by atoms with Crippen molar-refractivity contribution >= 4 is 0 Å². The number of rotatable bonds is 5. The first-order valence-electron chi connectivity index (χ1n) is 7.19. The van der Waals surface area contributed by atoms with Crippen molar-refractivity contribution in [1.29, 1.82) is 0 Å². The fraction of sp³-hybridized carbons (Fsp3) is 0.625. The van der Waals surface area contributed by atoms with Crippen LogP contribution >= 0.6 is 0 Å². The monoisotopic (exact) mass is 265 g/mol. The van der Waals surface area contributed by atoms with Crippen molar-refractivity contribution in [3.8, 4) is 5.75 Å². The molecule has 0 spiro atoms. The van der Waals surface area contributed by atoms with Gasteiger partial charge in [0.05, 0.1) is 7.11 Å². The van der Waals surface area contributed by atoms with E-state index in [1.165, 1.54) is 32.8 Å². The van der Waals surface area contributed by atoms with E-state index in [1.54, 1.807) is 12.1 Å². The number of nitrogens with two attached hydrogens (primary N) is 1. The Hall–Kier alpha value is -1.09. The van der Waals surface area contributed by atoms with Crippen LogP contribution in [0.25, 0.3) is 0 Å². The van der Waals surface area contributed by atoms with Gasteiger partial charge in [-0.2, -0.15) is 0 Å². The van der Waals surface area contributed by atoms with Crippen LogP contribution in [0.4, 0.5) is 4.39 Å². The molecule has 1 aromatic rings. The van der Waals surface area contributed by atoms with Crippen LogP contribution in [0, 0.1) is 11.2 Å². The first kappa shape index (κ1) is 14.3. The van der Waals surface area contributed by atoms with E-state index in [2.05, 4.69) is 6.92 Å². The standard InChI is InChI=1S/C16H24FNO/c1-3-16(8-4-5-9-16)15(18)11-12-6-7-14(19-2)13(17)10-12/h6-7,10,15H,3-5,8-9,11,18H2,1-2H3. The number of halogens is 1. The molecule has 1 aliphatic rings. The molecule has 2 rings (SSSR count). The maximum Gasteiger partial charge on any atom is 0.165 e. The summed E-state index contributed by atoms with van der Waals surface area (Å²) in [5.41, 5.74) is 7.65. The minimum atomic E-state index is -0.302. The van der Waals surface area contributed by atoms with Gasteiger partial charge >= 0.3 is 0 Å². The summed E-state index contributed by atoms with van der Waals surface area (Å²) in [6.45, 7) is 2.22. The molecule has 1 aliphatic carbocycles. The van der Waals surface area contributed by atoms with Crippen LogP contribution in [0.15, 0.2) is 18.2 Å². The van der Waals surface area contributed by atoms with E-state index in [0.717, 1.165) is 18.4 Å². The quantitative estimate of drug-likeness (QED) is 0.881. The first-order valence-corrected chi connectivity index (χ1v) is 7.19. The van der Waals surface area contributed by atoms with Crippen LogP contribution in [-0.4, -0.2) is 13.2 Å². The minimum Gasteiger partial charge on any atom is -0.494 e. The van der Waals surface area contributed by atoms with Crippen molar-refractivity contribution in [1.82, 2.24) is 0 Å². The summed E-state index contributed by atoms with van der Waals surface area (Å²) in [5, 5.41) is 0. The third-order valence-corrected chi connectivity index (χ3v) is 4.76. The van der Waals surface area contributed by atoms with Crippen molar-refractivity contribution in [2.45, 2.75) is 51.5 Å². The zero-order valence-corrected chi connectivity index (χ0v) is 11.9. The van der Waals surface area contributed by atoms with Crippen LogP contribution < -0.4 is 10.5 Å². The van der Waals surface area contributed by atoms with Crippen molar-refractivity contribution in [3.05, 3.63) is 29.6 Å². The summed E-state index contributed by atoms with van der Waals surface area (Å²) < 4.78 is 18.6. The van der Waals surface area contributed by atoms with Gasteiger partial charge in [-0.15, -0.1) is 0 Å². The van der Waals surface area contributed by atoms with Gasteiger partial charge in [-0.3, -0.25) is 0 Å². The Morgan fingerprint density at radius 1 is 1.37 bits per heavy atom. The van der Waals surface area contributed by atoms with Crippen molar-refractivity contribution in [2.75, 3.05) is 7.11 Å². The van der Waals surface area contributed by atoms with Crippen molar-refractivity contribution < 1.29 is 9.13 Å². The number of methoxy groups -OCH3 is 1. The van der Waals surface area contributed by atoms with Crippen LogP contribution in [0.1, 0.15) is 44.6 Å². The SMILES string of the molecule is CCC1(C(N)Cc2ccc(OC)c(F)c2)CCCC1. The second-order valence-corrected chi connectivity index (χ2v) is 5.70. The molecule has 0 aromatic heterocycles. The van der Waals surface area contributed by atoms with E-state index < -0.39 is 0 Å². The van der Waals surface area contributed by atoms with Crippen molar-refractivity contribution in [2.24, 2.45) is 11.1 Å². The Bertz CT molecular complexity index is 427. The van der Waals surface area contributed by atoms with Gasteiger partial charge in [0.15, 0.2) is 11.6 Å². The Morgan fingerprint density at radius 3 is 2.58 bits per heavy atom. The Kier molecular flexibility index (Phi) is 4.46. The molecular weight excluding hydrogens is 241 g/mol. The molecule has 3 heteroatoms. The minimum absolute atomic E-state index is 0.118. The molecule has 0 amide bonds. The number of hydrogen-bond acceptors (Lipinski definition) is 2. The highest BCUT2D eigenvalue weighted by atomic mass is 19.1. The summed E-state index contributed by atoms with van der Waals surface area (Å²) in [4.78, 5) is 0. The highest BCUT2D eigenvalue weighted by Crippen LogP contribution is 2.44. The number of benzene rings is 1. The van der Waals surface area contributed by atoms with E-state index in [9.17, 15) is 4.39 Å². The second-order valence-electron chi connectivity index (χ2n) is 5.70. The molecule has 2 N–H and O–H groups in total. The van der Waals surface area contributed by atoms with Gasteiger partial charge in [-0.05, 0) is 48.8 Å². The van der Waals surface area contributed by atoms with E-state index in [4.69, 9.17) is 10.5 Å². The molecule has 0 aliphatic heterocycles. The summed E-state index contributed by atoms with van der Waals surface area (Å²) in [7, 11) is 1.48. The molecule has 1 fully saturated rings. The average Bonchev–Trinajstić information content (AvgIpc) is 2.89. The molecule has 1 aromatic carbocycles.